The highest BCUT2D eigenvalue weighted by Crippen LogP contribution is 2.33. The molecular formula is C15H12F2N2S. The molecule has 3 N–H and O–H groups in total. The van der Waals surface area contributed by atoms with Crippen molar-refractivity contribution >= 4 is 21.4 Å². The zero-order chi connectivity index (χ0) is 14.1. The van der Waals surface area contributed by atoms with Crippen LogP contribution in [-0.2, 0) is 0 Å². The second-order valence-electron chi connectivity index (χ2n) is 4.49. The molecule has 0 aliphatic rings. The van der Waals surface area contributed by atoms with Gasteiger partial charge in [-0.15, -0.1) is 11.3 Å². The molecule has 3 aromatic rings. The molecule has 0 saturated heterocycles. The van der Waals surface area contributed by atoms with Crippen LogP contribution in [0, 0.1) is 11.6 Å². The van der Waals surface area contributed by atoms with Gasteiger partial charge in [0.05, 0.1) is 6.04 Å². The Morgan fingerprint density at radius 2 is 1.80 bits per heavy atom. The smallest absolute Gasteiger partial charge is 0.124 e. The van der Waals surface area contributed by atoms with Crippen molar-refractivity contribution in [3.8, 4) is 0 Å². The Labute approximate surface area is 118 Å². The van der Waals surface area contributed by atoms with Crippen molar-refractivity contribution in [2.24, 2.45) is 5.84 Å². The number of thiophene rings is 1. The standard InChI is InChI=1S/C15H12F2N2S/c16-11-3-1-2-10(6-11)15(19-18)14-7-9-4-5-12(17)8-13(9)20-14/h1-8,15,19H,18H2. The van der Waals surface area contributed by atoms with Gasteiger partial charge in [-0.3, -0.25) is 5.84 Å². The zero-order valence-electron chi connectivity index (χ0n) is 10.4. The molecule has 0 bridgehead atoms. The van der Waals surface area contributed by atoms with Gasteiger partial charge in [0, 0.05) is 9.58 Å². The van der Waals surface area contributed by atoms with E-state index in [9.17, 15) is 8.78 Å². The quantitative estimate of drug-likeness (QED) is 0.570. The maximum Gasteiger partial charge on any atom is 0.124 e. The summed E-state index contributed by atoms with van der Waals surface area (Å²) in [5.41, 5.74) is 3.42. The van der Waals surface area contributed by atoms with Gasteiger partial charge >= 0.3 is 0 Å². The molecule has 0 saturated carbocycles. The summed E-state index contributed by atoms with van der Waals surface area (Å²) < 4.78 is 27.4. The van der Waals surface area contributed by atoms with Gasteiger partial charge in [0.15, 0.2) is 0 Å². The highest BCUT2D eigenvalue weighted by Gasteiger charge is 2.16. The maximum atomic E-state index is 13.3. The molecule has 20 heavy (non-hydrogen) atoms. The lowest BCUT2D eigenvalue weighted by Gasteiger charge is -2.14. The van der Waals surface area contributed by atoms with Crippen molar-refractivity contribution in [2.45, 2.75) is 6.04 Å². The Morgan fingerprint density at radius 3 is 2.55 bits per heavy atom. The lowest BCUT2D eigenvalue weighted by atomic mass is 10.1. The lowest BCUT2D eigenvalue weighted by molar-refractivity contribution is 0.609. The van der Waals surface area contributed by atoms with Gasteiger partial charge in [0.25, 0.3) is 0 Å². The second-order valence-corrected chi connectivity index (χ2v) is 5.60. The van der Waals surface area contributed by atoms with Crippen LogP contribution < -0.4 is 11.3 Å². The predicted molar refractivity (Wildman–Crippen MR) is 77.3 cm³/mol. The molecule has 1 aromatic heterocycles. The minimum atomic E-state index is -0.314. The van der Waals surface area contributed by atoms with Crippen LogP contribution in [0.4, 0.5) is 8.78 Å². The Balaban J connectivity index is 2.07. The number of benzene rings is 2. The fourth-order valence-corrected chi connectivity index (χ4v) is 3.37. The largest absolute Gasteiger partial charge is 0.271 e. The van der Waals surface area contributed by atoms with E-state index >= 15 is 0 Å². The average molecular weight is 290 g/mol. The van der Waals surface area contributed by atoms with E-state index in [0.29, 0.717) is 0 Å². The van der Waals surface area contributed by atoms with E-state index in [1.165, 1.54) is 35.6 Å². The summed E-state index contributed by atoms with van der Waals surface area (Å²) in [5.74, 6) is 5.02. The summed E-state index contributed by atoms with van der Waals surface area (Å²) >= 11 is 1.44. The predicted octanol–water partition coefficient (Wildman–Crippen LogP) is 3.73. The van der Waals surface area contributed by atoms with Crippen LogP contribution in [-0.4, -0.2) is 0 Å². The normalized spacial score (nSPS) is 12.8. The van der Waals surface area contributed by atoms with Crippen LogP contribution in [0.3, 0.4) is 0 Å². The van der Waals surface area contributed by atoms with E-state index in [4.69, 9.17) is 5.84 Å². The van der Waals surface area contributed by atoms with E-state index in [1.54, 1.807) is 18.2 Å². The van der Waals surface area contributed by atoms with Gasteiger partial charge in [-0.05, 0) is 41.3 Å². The van der Waals surface area contributed by atoms with Crippen molar-refractivity contribution < 1.29 is 8.78 Å². The minimum absolute atomic E-state index is 0.270. The molecule has 0 fully saturated rings. The van der Waals surface area contributed by atoms with Crippen molar-refractivity contribution in [2.75, 3.05) is 0 Å². The highest BCUT2D eigenvalue weighted by molar-refractivity contribution is 7.19. The van der Waals surface area contributed by atoms with E-state index < -0.39 is 0 Å². The fourth-order valence-electron chi connectivity index (χ4n) is 2.20. The van der Waals surface area contributed by atoms with Gasteiger partial charge in [-0.25, -0.2) is 14.2 Å². The molecule has 5 heteroatoms. The Bertz CT molecular complexity index is 754. The molecule has 1 atom stereocenters. The van der Waals surface area contributed by atoms with Crippen molar-refractivity contribution in [1.29, 1.82) is 0 Å². The van der Waals surface area contributed by atoms with Crippen LogP contribution in [0.2, 0.25) is 0 Å². The number of hydrogen-bond donors (Lipinski definition) is 2. The third kappa shape index (κ3) is 2.43. The number of hydrazine groups is 1. The van der Waals surface area contributed by atoms with Gasteiger partial charge in [0.1, 0.15) is 11.6 Å². The topological polar surface area (TPSA) is 38.0 Å². The molecule has 102 valence electrons. The first-order valence-corrected chi connectivity index (χ1v) is 6.89. The van der Waals surface area contributed by atoms with Crippen LogP contribution in [0.5, 0.6) is 0 Å². The first-order chi connectivity index (χ1) is 9.67. The molecule has 2 aromatic carbocycles. The first-order valence-electron chi connectivity index (χ1n) is 6.08. The summed E-state index contributed by atoms with van der Waals surface area (Å²) in [4.78, 5) is 0.915. The fraction of sp³-hybridized carbons (Fsp3) is 0.0667. The monoisotopic (exact) mass is 290 g/mol. The Kier molecular flexibility index (Phi) is 3.48. The number of hydrogen-bond acceptors (Lipinski definition) is 3. The molecule has 0 radical (unpaired) electrons. The summed E-state index contributed by atoms with van der Waals surface area (Å²) in [5, 5.41) is 0.947. The molecule has 1 heterocycles. The number of rotatable bonds is 3. The summed E-state index contributed by atoms with van der Waals surface area (Å²) in [6, 6.07) is 12.5. The van der Waals surface area contributed by atoms with E-state index in [1.807, 2.05) is 6.07 Å². The van der Waals surface area contributed by atoms with Crippen LogP contribution in [0.15, 0.2) is 48.5 Å². The number of nitrogens with one attached hydrogen (secondary N) is 1. The van der Waals surface area contributed by atoms with Crippen molar-refractivity contribution in [3.63, 3.8) is 0 Å². The average Bonchev–Trinajstić information content (AvgIpc) is 2.82. The molecule has 1 unspecified atom stereocenters. The molecule has 0 amide bonds. The highest BCUT2D eigenvalue weighted by atomic mass is 32.1. The number of nitrogens with two attached hydrogens (primary N) is 1. The van der Waals surface area contributed by atoms with E-state index in [2.05, 4.69) is 5.43 Å². The van der Waals surface area contributed by atoms with Crippen molar-refractivity contribution in [1.82, 2.24) is 5.43 Å². The van der Waals surface area contributed by atoms with E-state index in [-0.39, 0.29) is 17.7 Å². The van der Waals surface area contributed by atoms with Crippen molar-refractivity contribution in [3.05, 3.63) is 70.6 Å². The van der Waals surface area contributed by atoms with Gasteiger partial charge in [-0.1, -0.05) is 18.2 Å². The SMILES string of the molecule is NNC(c1cccc(F)c1)c1cc2ccc(F)cc2s1. The lowest BCUT2D eigenvalue weighted by Crippen LogP contribution is -2.28. The molecule has 0 aliphatic carbocycles. The Hall–Kier alpha value is -1.82. The van der Waals surface area contributed by atoms with Gasteiger partial charge < -0.3 is 0 Å². The van der Waals surface area contributed by atoms with Gasteiger partial charge in [-0.2, -0.15) is 0 Å². The zero-order valence-corrected chi connectivity index (χ0v) is 11.3. The molecule has 2 nitrogen and oxygen atoms in total. The minimum Gasteiger partial charge on any atom is -0.271 e. The number of halogens is 2. The summed E-state index contributed by atoms with van der Waals surface area (Å²) in [6.07, 6.45) is 0. The molecule has 0 aliphatic heterocycles. The second kappa shape index (κ2) is 5.28. The molecule has 3 rings (SSSR count). The Morgan fingerprint density at radius 1 is 1.00 bits per heavy atom. The van der Waals surface area contributed by atoms with E-state index in [0.717, 1.165) is 20.5 Å². The first kappa shape index (κ1) is 13.2. The van der Waals surface area contributed by atoms with Gasteiger partial charge in [0.2, 0.25) is 0 Å². The molecule has 0 spiro atoms. The summed E-state index contributed by atoms with van der Waals surface area (Å²) in [7, 11) is 0. The van der Waals surface area contributed by atoms with Crippen LogP contribution in [0.1, 0.15) is 16.5 Å². The van der Waals surface area contributed by atoms with Crippen LogP contribution >= 0.6 is 11.3 Å². The third-order valence-electron chi connectivity index (χ3n) is 3.13. The third-order valence-corrected chi connectivity index (χ3v) is 4.30. The number of fused-ring (bicyclic) bond motifs is 1. The molecular weight excluding hydrogens is 278 g/mol. The maximum absolute atomic E-state index is 13.3. The summed E-state index contributed by atoms with van der Waals surface area (Å²) in [6.45, 7) is 0. The van der Waals surface area contributed by atoms with Crippen LogP contribution in [0.25, 0.3) is 10.1 Å².